The van der Waals surface area contributed by atoms with E-state index in [9.17, 15) is 4.79 Å². The van der Waals surface area contributed by atoms with Crippen LogP contribution >= 0.6 is 18.6 Å². The van der Waals surface area contributed by atoms with Crippen molar-refractivity contribution in [1.29, 1.82) is 0 Å². The molecule has 2 aromatic rings. The van der Waals surface area contributed by atoms with Crippen LogP contribution in [0, 0.1) is 17.3 Å². The summed E-state index contributed by atoms with van der Waals surface area (Å²) >= 11 is -0.306. The molecule has 136 valence electrons. The molecule has 4 heteroatoms. The molecule has 2 nitrogen and oxygen atoms in total. The number of carbonyl (C=O) groups is 1. The topological polar surface area (TPSA) is 26.3 Å². The van der Waals surface area contributed by atoms with Crippen molar-refractivity contribution in [3.63, 3.8) is 0 Å². The Morgan fingerprint density at radius 3 is 2.08 bits per heavy atom. The van der Waals surface area contributed by atoms with Crippen LogP contribution in [0.25, 0.3) is 0 Å². The Hall–Kier alpha value is -0.561. The van der Waals surface area contributed by atoms with Crippen LogP contribution < -0.4 is 7.16 Å². The second-order valence-electron chi connectivity index (χ2n) is 7.97. The van der Waals surface area contributed by atoms with Crippen LogP contribution in [0.2, 0.25) is 3.93 Å². The summed E-state index contributed by atoms with van der Waals surface area (Å²) in [5.74, 6) is 1.14. The molecule has 4 rings (SSSR count). The number of rotatable bonds is 4. The molecule has 2 aliphatic carbocycles. The summed E-state index contributed by atoms with van der Waals surface area (Å²) in [6.45, 7) is 2.21. The zero-order chi connectivity index (χ0) is 18.4. The molecule has 0 aromatic heterocycles. The van der Waals surface area contributed by atoms with E-state index in [1.807, 2.05) is 0 Å². The fourth-order valence-corrected chi connectivity index (χ4v) is 31.3. The number of halogens is 1. The van der Waals surface area contributed by atoms with Gasteiger partial charge in [-0.3, -0.25) is 0 Å². The zero-order valence-corrected chi connectivity index (χ0v) is 20.3. The third kappa shape index (κ3) is 2.67. The summed E-state index contributed by atoms with van der Waals surface area (Å²) in [6, 6.07) is 22.0. The quantitative estimate of drug-likeness (QED) is 0.316. The van der Waals surface area contributed by atoms with Crippen LogP contribution in [-0.4, -0.2) is 27.5 Å². The second kappa shape index (κ2) is 7.12. The third-order valence-electron chi connectivity index (χ3n) is 6.88. The van der Waals surface area contributed by atoms with Crippen molar-refractivity contribution >= 4 is 46.2 Å². The molecule has 0 amide bonds. The van der Waals surface area contributed by atoms with Crippen molar-refractivity contribution in [2.24, 2.45) is 17.3 Å². The van der Waals surface area contributed by atoms with E-state index >= 15 is 0 Å². The molecule has 2 fully saturated rings. The van der Waals surface area contributed by atoms with Gasteiger partial charge in [0, 0.05) is 0 Å². The third-order valence-corrected chi connectivity index (χ3v) is 31.9. The molecule has 0 unspecified atom stereocenters. The van der Waals surface area contributed by atoms with Gasteiger partial charge in [-0.25, -0.2) is 0 Å². The molecule has 26 heavy (non-hydrogen) atoms. The van der Waals surface area contributed by atoms with E-state index in [-0.39, 0.29) is 11.4 Å². The first-order valence-electron chi connectivity index (χ1n) is 9.41. The zero-order valence-electron chi connectivity index (χ0n) is 15.3. The van der Waals surface area contributed by atoms with Gasteiger partial charge in [0.25, 0.3) is 0 Å². The Labute approximate surface area is 169 Å². The van der Waals surface area contributed by atoms with E-state index in [1.54, 1.807) is 7.11 Å². The Morgan fingerprint density at radius 2 is 1.58 bits per heavy atom. The number of carbonyl (C=O) groups excluding carboxylic acids is 1. The van der Waals surface area contributed by atoms with Crippen LogP contribution in [-0.2, 0) is 9.53 Å². The monoisotopic (exact) mass is 568 g/mol. The van der Waals surface area contributed by atoms with Gasteiger partial charge in [-0.05, 0) is 0 Å². The number of benzene rings is 2. The summed E-state index contributed by atoms with van der Waals surface area (Å²) in [7, 11) is 1.56. The summed E-state index contributed by atoms with van der Waals surface area (Å²) in [5.41, 5.74) is -0.347. The second-order valence-corrected chi connectivity index (χ2v) is 28.5. The predicted octanol–water partition coefficient (Wildman–Crippen LogP) is 4.16. The van der Waals surface area contributed by atoms with E-state index < -0.39 is 14.4 Å². The van der Waals surface area contributed by atoms with Gasteiger partial charge in [-0.15, -0.1) is 0 Å². The molecule has 0 spiro atoms. The van der Waals surface area contributed by atoms with Crippen LogP contribution in [0.3, 0.4) is 0 Å². The van der Waals surface area contributed by atoms with Gasteiger partial charge in [-0.2, -0.15) is 0 Å². The molecule has 0 aliphatic heterocycles. The molecule has 4 atom stereocenters. The Bertz CT molecular complexity index is 755. The fourth-order valence-electron chi connectivity index (χ4n) is 5.75. The Kier molecular flexibility index (Phi) is 5.14. The number of hydrogen-bond donors (Lipinski definition) is 0. The number of fused-ring (bicyclic) bond motifs is 2. The summed E-state index contributed by atoms with van der Waals surface area (Å²) in [4.78, 5) is 13.1. The SMILES string of the molecule is COC(=O)[C@]1(C)[C@@H]2CC[C@@H](C2)[C@@H]1[Sn]([I])([c]1ccccc1)[c]1ccccc1. The van der Waals surface area contributed by atoms with Gasteiger partial charge in [0.2, 0.25) is 0 Å². The number of esters is 1. The van der Waals surface area contributed by atoms with E-state index in [1.165, 1.54) is 26.4 Å². The van der Waals surface area contributed by atoms with Crippen LogP contribution in [0.15, 0.2) is 60.7 Å². The summed E-state index contributed by atoms with van der Waals surface area (Å²) < 4.78 is 8.79. The number of ether oxygens (including phenoxy) is 1. The standard InChI is InChI=1S/C10H15O2.2C6H5.HI.Sn/c1-10(9(11)12-2)6-7-3-4-8(10)5-7;2*1-2-4-6-5-3-1;;/h6-8H,3-5H2,1-2H3;2*1-5H;1H;/q;;;;+1/p-1/t7-,8+,10-;;;;/m0..../s1. The molecule has 2 aromatic carbocycles. The average Bonchev–Trinajstić information content (AvgIpc) is 3.28. The van der Waals surface area contributed by atoms with Crippen molar-refractivity contribution in [1.82, 2.24) is 0 Å². The molecule has 0 saturated heterocycles. The maximum atomic E-state index is 13.1. The Morgan fingerprint density at radius 1 is 1.04 bits per heavy atom. The minimum atomic E-state index is -3.15. The van der Waals surface area contributed by atoms with E-state index in [2.05, 4.69) is 86.2 Å². The molecule has 2 bridgehead atoms. The predicted molar refractivity (Wildman–Crippen MR) is 117 cm³/mol. The molecular formula is C22H25IO2Sn. The summed E-state index contributed by atoms with van der Waals surface area (Å²) in [6.07, 6.45) is 3.63. The van der Waals surface area contributed by atoms with Gasteiger partial charge in [0.05, 0.1) is 0 Å². The van der Waals surface area contributed by atoms with E-state index in [0.29, 0.717) is 15.8 Å². The maximum absolute atomic E-state index is 13.1. The minimum absolute atomic E-state index is 0.0132. The van der Waals surface area contributed by atoms with Gasteiger partial charge >= 0.3 is 171 Å². The first-order chi connectivity index (χ1) is 12.5. The van der Waals surface area contributed by atoms with Crippen LogP contribution in [0.4, 0.5) is 0 Å². The van der Waals surface area contributed by atoms with Gasteiger partial charge in [-0.1, -0.05) is 0 Å². The fraction of sp³-hybridized carbons (Fsp3) is 0.409. The number of hydrogen-bond acceptors (Lipinski definition) is 2. The van der Waals surface area contributed by atoms with E-state index in [0.717, 1.165) is 0 Å². The van der Waals surface area contributed by atoms with Crippen LogP contribution in [0.1, 0.15) is 26.2 Å². The Balaban J connectivity index is 1.93. The molecule has 2 saturated carbocycles. The van der Waals surface area contributed by atoms with Gasteiger partial charge < -0.3 is 0 Å². The van der Waals surface area contributed by atoms with E-state index in [4.69, 9.17) is 4.74 Å². The van der Waals surface area contributed by atoms with Crippen molar-refractivity contribution in [2.45, 2.75) is 30.1 Å². The normalized spacial score (nSPS) is 30.3. The van der Waals surface area contributed by atoms with Crippen molar-refractivity contribution in [3.8, 4) is 0 Å². The first kappa shape index (κ1) is 18.8. The molecule has 0 heterocycles. The van der Waals surface area contributed by atoms with Crippen molar-refractivity contribution < 1.29 is 9.53 Å². The van der Waals surface area contributed by atoms with Gasteiger partial charge in [0.1, 0.15) is 0 Å². The van der Waals surface area contributed by atoms with Crippen molar-refractivity contribution in [3.05, 3.63) is 60.7 Å². The molecule has 0 radical (unpaired) electrons. The molecule has 2 aliphatic rings. The average molecular weight is 567 g/mol. The van der Waals surface area contributed by atoms with Gasteiger partial charge in [0.15, 0.2) is 0 Å². The molecule has 0 N–H and O–H groups in total. The molecular weight excluding hydrogens is 542 g/mol. The first-order valence-corrected chi connectivity index (χ1v) is 22.2. The van der Waals surface area contributed by atoms with Crippen molar-refractivity contribution in [2.75, 3.05) is 7.11 Å². The number of methoxy groups -OCH3 is 1. The van der Waals surface area contributed by atoms with Crippen LogP contribution in [0.5, 0.6) is 0 Å². The summed E-state index contributed by atoms with van der Waals surface area (Å²) in [5, 5.41) is 0.